The van der Waals surface area contributed by atoms with Crippen LogP contribution in [0.25, 0.3) is 0 Å². The van der Waals surface area contributed by atoms with E-state index in [9.17, 15) is 10.1 Å². The second kappa shape index (κ2) is 8.19. The van der Waals surface area contributed by atoms with Crippen molar-refractivity contribution in [2.45, 2.75) is 19.9 Å². The van der Waals surface area contributed by atoms with Crippen LogP contribution < -0.4 is 21.9 Å². The Labute approximate surface area is 158 Å². The van der Waals surface area contributed by atoms with Crippen molar-refractivity contribution in [2.24, 2.45) is 0 Å². The van der Waals surface area contributed by atoms with Gasteiger partial charge in [-0.25, -0.2) is 4.58 Å². The standard InChI is InChI=1S/C19H21N2O4.ClH/c1-13-16-11-19(25-3)18(24-2)10-14(16)8-9-20(13)12-15-6-4-5-7-17(15)21(22)23;/h4-7,10-11H,8-9,12H2,1-3H3;1H/q+1;/p-1. The summed E-state index contributed by atoms with van der Waals surface area (Å²) in [7, 11) is 3.25. The van der Waals surface area contributed by atoms with E-state index in [1.54, 1.807) is 26.4 Å². The van der Waals surface area contributed by atoms with Gasteiger partial charge in [-0.1, -0.05) is 12.1 Å². The van der Waals surface area contributed by atoms with Gasteiger partial charge in [0.05, 0.1) is 24.7 Å². The van der Waals surface area contributed by atoms with Crippen molar-refractivity contribution in [3.8, 4) is 11.5 Å². The van der Waals surface area contributed by atoms with Crippen LogP contribution in [0.5, 0.6) is 11.5 Å². The molecule has 0 N–H and O–H groups in total. The maximum Gasteiger partial charge on any atom is 0.278 e. The molecule has 1 aliphatic rings. The summed E-state index contributed by atoms with van der Waals surface area (Å²) in [5.74, 6) is 1.41. The van der Waals surface area contributed by atoms with Crippen LogP contribution in [0, 0.1) is 10.1 Å². The number of rotatable bonds is 5. The summed E-state index contributed by atoms with van der Waals surface area (Å²) in [6.07, 6.45) is 0.855. The van der Waals surface area contributed by atoms with E-state index in [2.05, 4.69) is 4.58 Å². The number of nitro benzene ring substituents is 1. The molecule has 0 saturated carbocycles. The van der Waals surface area contributed by atoms with Gasteiger partial charge in [-0.05, 0) is 23.8 Å². The normalized spacial score (nSPS) is 12.9. The molecule has 0 spiro atoms. The third kappa shape index (κ3) is 3.65. The fraction of sp³-hybridized carbons (Fsp3) is 0.316. The van der Waals surface area contributed by atoms with E-state index in [0.717, 1.165) is 35.6 Å². The molecule has 2 aromatic carbocycles. The summed E-state index contributed by atoms with van der Waals surface area (Å²) in [5, 5.41) is 11.2. The molecule has 0 aliphatic carbocycles. The van der Waals surface area contributed by atoms with E-state index in [1.807, 2.05) is 31.2 Å². The van der Waals surface area contributed by atoms with Gasteiger partial charge in [-0.3, -0.25) is 10.1 Å². The second-order valence-electron chi connectivity index (χ2n) is 6.01. The van der Waals surface area contributed by atoms with Crippen molar-refractivity contribution in [3.63, 3.8) is 0 Å². The number of methoxy groups -OCH3 is 2. The highest BCUT2D eigenvalue weighted by atomic mass is 35.5. The minimum Gasteiger partial charge on any atom is -1.00 e. The highest BCUT2D eigenvalue weighted by Crippen LogP contribution is 2.32. The van der Waals surface area contributed by atoms with Gasteiger partial charge in [0.15, 0.2) is 23.8 Å². The van der Waals surface area contributed by atoms with Gasteiger partial charge < -0.3 is 21.9 Å². The highest BCUT2D eigenvalue weighted by Gasteiger charge is 2.26. The number of halogens is 1. The van der Waals surface area contributed by atoms with Gasteiger partial charge >= 0.3 is 0 Å². The predicted octanol–water partition coefficient (Wildman–Crippen LogP) is 0.194. The molecule has 0 saturated heterocycles. The molecule has 2 aromatic rings. The van der Waals surface area contributed by atoms with Gasteiger partial charge in [-0.2, -0.15) is 0 Å². The van der Waals surface area contributed by atoms with Crippen LogP contribution in [0.1, 0.15) is 23.6 Å². The molecule has 26 heavy (non-hydrogen) atoms. The quantitative estimate of drug-likeness (QED) is 0.424. The molecule has 1 heterocycles. The summed E-state index contributed by atoms with van der Waals surface area (Å²) >= 11 is 0. The summed E-state index contributed by atoms with van der Waals surface area (Å²) in [4.78, 5) is 10.9. The highest BCUT2D eigenvalue weighted by molar-refractivity contribution is 5.97. The zero-order valence-electron chi connectivity index (χ0n) is 15.0. The molecule has 0 bridgehead atoms. The van der Waals surface area contributed by atoms with Crippen LogP contribution in [0.15, 0.2) is 36.4 Å². The molecule has 138 valence electrons. The molecular weight excluding hydrogens is 356 g/mol. The van der Waals surface area contributed by atoms with Crippen molar-refractivity contribution < 1.29 is 31.4 Å². The summed E-state index contributed by atoms with van der Waals surface area (Å²) in [6.45, 7) is 3.36. The Kier molecular flexibility index (Phi) is 6.21. The second-order valence-corrected chi connectivity index (χ2v) is 6.01. The van der Waals surface area contributed by atoms with Crippen molar-refractivity contribution in [1.82, 2.24) is 0 Å². The first-order valence-electron chi connectivity index (χ1n) is 8.11. The minimum atomic E-state index is -0.323. The maximum absolute atomic E-state index is 11.2. The average molecular weight is 377 g/mol. The maximum atomic E-state index is 11.2. The third-order valence-corrected chi connectivity index (χ3v) is 4.67. The van der Waals surface area contributed by atoms with Gasteiger partial charge in [0, 0.05) is 25.0 Å². The summed E-state index contributed by atoms with van der Waals surface area (Å²) in [6, 6.07) is 10.9. The molecule has 0 amide bonds. The number of nitrogens with zero attached hydrogens (tertiary/aromatic N) is 2. The monoisotopic (exact) mass is 376 g/mol. The first kappa shape index (κ1) is 19.7. The first-order valence-corrected chi connectivity index (χ1v) is 8.11. The lowest BCUT2D eigenvalue weighted by atomic mass is 9.96. The number of hydrogen-bond acceptors (Lipinski definition) is 4. The average Bonchev–Trinajstić information content (AvgIpc) is 2.63. The molecule has 0 aromatic heterocycles. The van der Waals surface area contributed by atoms with Gasteiger partial charge in [0.2, 0.25) is 0 Å². The molecule has 6 nitrogen and oxygen atoms in total. The Balaban J connectivity index is 0.00000243. The first-order chi connectivity index (χ1) is 12.0. The van der Waals surface area contributed by atoms with Crippen LogP contribution in [-0.2, 0) is 13.0 Å². The van der Waals surface area contributed by atoms with E-state index in [0.29, 0.717) is 12.3 Å². The number of fused-ring (bicyclic) bond motifs is 1. The van der Waals surface area contributed by atoms with Crippen molar-refractivity contribution in [1.29, 1.82) is 0 Å². The predicted molar refractivity (Wildman–Crippen MR) is 95.0 cm³/mol. The number of nitro groups is 1. The fourth-order valence-electron chi connectivity index (χ4n) is 3.28. The number of benzene rings is 2. The zero-order valence-corrected chi connectivity index (χ0v) is 15.7. The number of hydrogen-bond donors (Lipinski definition) is 0. The molecule has 3 rings (SSSR count). The summed E-state index contributed by atoms with van der Waals surface area (Å²) < 4.78 is 13.0. The van der Waals surface area contributed by atoms with Crippen molar-refractivity contribution in [3.05, 3.63) is 63.2 Å². The van der Waals surface area contributed by atoms with Crippen LogP contribution in [0.4, 0.5) is 5.69 Å². The Morgan fingerprint density at radius 1 is 1.15 bits per heavy atom. The SMILES string of the molecule is COc1cc2c(cc1OC)C(C)=[N+](Cc1ccccc1[N+](=O)[O-])CC2.[Cl-]. The largest absolute Gasteiger partial charge is 1.00 e. The van der Waals surface area contributed by atoms with E-state index < -0.39 is 0 Å². The Hall–Kier alpha value is -2.60. The van der Waals surface area contributed by atoms with Crippen molar-refractivity contribution >= 4 is 11.4 Å². The van der Waals surface area contributed by atoms with E-state index in [4.69, 9.17) is 9.47 Å². The molecule has 7 heteroatoms. The lowest BCUT2D eigenvalue weighted by Crippen LogP contribution is -3.00. The smallest absolute Gasteiger partial charge is 0.278 e. The number of para-hydroxylation sites is 1. The van der Waals surface area contributed by atoms with Gasteiger partial charge in [0.1, 0.15) is 6.54 Å². The third-order valence-electron chi connectivity index (χ3n) is 4.67. The molecule has 0 fully saturated rings. The van der Waals surface area contributed by atoms with Crippen LogP contribution in [0.3, 0.4) is 0 Å². The van der Waals surface area contributed by atoms with E-state index in [-0.39, 0.29) is 23.0 Å². The van der Waals surface area contributed by atoms with Gasteiger partial charge in [0.25, 0.3) is 5.69 Å². The Morgan fingerprint density at radius 2 is 1.81 bits per heavy atom. The lowest BCUT2D eigenvalue weighted by Gasteiger charge is -2.19. The zero-order chi connectivity index (χ0) is 18.0. The van der Waals surface area contributed by atoms with E-state index in [1.165, 1.54) is 5.56 Å². The van der Waals surface area contributed by atoms with E-state index >= 15 is 0 Å². The number of ether oxygens (including phenoxy) is 2. The Bertz CT molecular complexity index is 865. The summed E-state index contributed by atoms with van der Waals surface area (Å²) in [5.41, 5.74) is 4.26. The molecule has 0 atom stereocenters. The molecule has 0 radical (unpaired) electrons. The minimum absolute atomic E-state index is 0. The van der Waals surface area contributed by atoms with Crippen LogP contribution >= 0.6 is 0 Å². The van der Waals surface area contributed by atoms with Crippen LogP contribution in [-0.4, -0.2) is 36.0 Å². The topological polar surface area (TPSA) is 64.6 Å². The van der Waals surface area contributed by atoms with Gasteiger partial charge in [-0.15, -0.1) is 0 Å². The lowest BCUT2D eigenvalue weighted by molar-refractivity contribution is -0.546. The molecule has 0 unspecified atom stereocenters. The van der Waals surface area contributed by atoms with Crippen molar-refractivity contribution in [2.75, 3.05) is 20.8 Å². The fourth-order valence-corrected chi connectivity index (χ4v) is 3.28. The Morgan fingerprint density at radius 3 is 2.46 bits per heavy atom. The molecule has 1 aliphatic heterocycles. The molecular formula is C19H21ClN2O4. The van der Waals surface area contributed by atoms with Crippen LogP contribution in [0.2, 0.25) is 0 Å².